The molecule has 1 rings (SSSR count). The highest BCUT2D eigenvalue weighted by atomic mass is 16.6. The van der Waals surface area contributed by atoms with Gasteiger partial charge in [-0.3, -0.25) is 0 Å². The molecule has 0 radical (unpaired) electrons. The summed E-state index contributed by atoms with van der Waals surface area (Å²) in [5.41, 5.74) is 0.822. The van der Waals surface area contributed by atoms with Gasteiger partial charge in [-0.15, -0.1) is 0 Å². The number of ether oxygens (including phenoxy) is 4. The van der Waals surface area contributed by atoms with Gasteiger partial charge in [0.1, 0.15) is 18.1 Å². The zero-order valence-corrected chi connectivity index (χ0v) is 14.1. The topological polar surface area (TPSA) is 52.5 Å². The van der Waals surface area contributed by atoms with Crippen molar-refractivity contribution in [2.24, 2.45) is 4.99 Å². The van der Waals surface area contributed by atoms with Gasteiger partial charge in [0, 0.05) is 32.4 Å². The van der Waals surface area contributed by atoms with Gasteiger partial charge in [-0.2, -0.15) is 0 Å². The van der Waals surface area contributed by atoms with Gasteiger partial charge in [0.05, 0.1) is 32.8 Å². The molecule has 0 aromatic carbocycles. The van der Waals surface area contributed by atoms with Crippen molar-refractivity contribution in [3.05, 3.63) is 24.1 Å². The Morgan fingerprint density at radius 3 is 2.77 bits per heavy atom. The normalized spacial score (nSPS) is 17.4. The average molecular weight is 312 g/mol. The summed E-state index contributed by atoms with van der Waals surface area (Å²) in [6.45, 7) is 10.4. The molecule has 126 valence electrons. The van der Waals surface area contributed by atoms with Gasteiger partial charge >= 0.3 is 0 Å². The van der Waals surface area contributed by atoms with E-state index in [2.05, 4.69) is 11.6 Å². The van der Waals surface area contributed by atoms with E-state index in [1.54, 1.807) is 13.4 Å². The highest BCUT2D eigenvalue weighted by Gasteiger charge is 2.17. The van der Waals surface area contributed by atoms with Crippen molar-refractivity contribution in [1.29, 1.82) is 0 Å². The Bertz CT molecular complexity index is 392. The monoisotopic (exact) mass is 312 g/mol. The molecule has 6 heteroatoms. The minimum Gasteiger partial charge on any atom is -0.494 e. The first kappa shape index (κ1) is 18.7. The Morgan fingerprint density at radius 2 is 2.18 bits per heavy atom. The van der Waals surface area contributed by atoms with Crippen LogP contribution in [0.2, 0.25) is 0 Å². The predicted molar refractivity (Wildman–Crippen MR) is 86.8 cm³/mol. The van der Waals surface area contributed by atoms with Crippen molar-refractivity contribution in [3.8, 4) is 0 Å². The molecule has 1 fully saturated rings. The van der Waals surface area contributed by atoms with Crippen LogP contribution in [0.1, 0.15) is 20.3 Å². The Morgan fingerprint density at radius 1 is 1.45 bits per heavy atom. The second kappa shape index (κ2) is 10.4. The molecule has 1 heterocycles. The largest absolute Gasteiger partial charge is 0.494 e. The van der Waals surface area contributed by atoms with Crippen LogP contribution in [-0.4, -0.2) is 64.2 Å². The molecule has 1 aliphatic rings. The van der Waals surface area contributed by atoms with E-state index in [1.165, 1.54) is 0 Å². The lowest BCUT2D eigenvalue weighted by Gasteiger charge is -2.25. The van der Waals surface area contributed by atoms with Gasteiger partial charge in [0.15, 0.2) is 0 Å². The van der Waals surface area contributed by atoms with Crippen molar-refractivity contribution in [1.82, 2.24) is 4.90 Å². The van der Waals surface area contributed by atoms with Crippen LogP contribution in [0.5, 0.6) is 0 Å². The number of allylic oxidation sites excluding steroid dienone is 2. The first-order valence-corrected chi connectivity index (χ1v) is 7.51. The van der Waals surface area contributed by atoms with E-state index < -0.39 is 0 Å². The molecule has 1 unspecified atom stereocenters. The molecule has 6 nitrogen and oxygen atoms in total. The van der Waals surface area contributed by atoms with Gasteiger partial charge in [-0.05, 0) is 13.8 Å². The molecule has 1 saturated heterocycles. The number of hydrogen-bond donors (Lipinski definition) is 0. The first-order chi connectivity index (χ1) is 10.5. The molecule has 0 aromatic rings. The minimum absolute atomic E-state index is 0.0166. The van der Waals surface area contributed by atoms with Crippen LogP contribution in [0, 0.1) is 0 Å². The van der Waals surface area contributed by atoms with Crippen LogP contribution in [0.25, 0.3) is 0 Å². The highest BCUT2D eigenvalue weighted by molar-refractivity contribution is 5.56. The van der Waals surface area contributed by atoms with Crippen LogP contribution < -0.4 is 0 Å². The minimum atomic E-state index is -0.0166. The lowest BCUT2D eigenvalue weighted by molar-refractivity contribution is -0.130. The number of nitrogens with zero attached hydrogens (tertiary/aromatic N) is 2. The van der Waals surface area contributed by atoms with Crippen molar-refractivity contribution in [3.63, 3.8) is 0 Å². The van der Waals surface area contributed by atoms with E-state index in [-0.39, 0.29) is 12.3 Å². The Labute approximate surface area is 133 Å². The van der Waals surface area contributed by atoms with Gasteiger partial charge in [0.2, 0.25) is 0 Å². The van der Waals surface area contributed by atoms with Crippen molar-refractivity contribution in [2.45, 2.75) is 32.6 Å². The summed E-state index contributed by atoms with van der Waals surface area (Å²) in [4.78, 5) is 6.20. The lowest BCUT2D eigenvalue weighted by Crippen LogP contribution is -2.36. The van der Waals surface area contributed by atoms with E-state index in [1.807, 2.05) is 31.9 Å². The number of aliphatic imine (C=N–C) groups is 1. The molecule has 0 N–H and O–H groups in total. The third kappa shape index (κ3) is 7.59. The third-order valence-electron chi connectivity index (χ3n) is 3.27. The second-order valence-corrected chi connectivity index (χ2v) is 5.23. The molecular weight excluding hydrogens is 284 g/mol. The number of rotatable bonds is 11. The quantitative estimate of drug-likeness (QED) is 0.146. The Kier molecular flexibility index (Phi) is 8.81. The van der Waals surface area contributed by atoms with Gasteiger partial charge < -0.3 is 23.8 Å². The van der Waals surface area contributed by atoms with Crippen molar-refractivity contribution >= 4 is 6.34 Å². The maximum absolute atomic E-state index is 5.55. The lowest BCUT2D eigenvalue weighted by atomic mass is 10.3. The molecule has 1 atom stereocenters. The van der Waals surface area contributed by atoms with Gasteiger partial charge in [0.25, 0.3) is 0 Å². The maximum Gasteiger partial charge on any atom is 0.127 e. The zero-order valence-electron chi connectivity index (χ0n) is 14.1. The fraction of sp³-hybridized carbons (Fsp3) is 0.688. The second-order valence-electron chi connectivity index (χ2n) is 5.23. The van der Waals surface area contributed by atoms with E-state index in [4.69, 9.17) is 18.9 Å². The van der Waals surface area contributed by atoms with Crippen LogP contribution in [0.3, 0.4) is 0 Å². The van der Waals surface area contributed by atoms with Crippen LogP contribution >= 0.6 is 0 Å². The molecule has 0 aromatic heterocycles. The fourth-order valence-corrected chi connectivity index (χ4v) is 1.58. The molecule has 0 amide bonds. The Hall–Kier alpha value is -1.37. The molecule has 0 spiro atoms. The summed E-state index contributed by atoms with van der Waals surface area (Å²) in [7, 11) is 3.57. The standard InChI is InChI=1S/C16H28N2O4/c1-13(17-12-18(4)15(3)19-5)9-14(2)21-7-6-8-22-16-10-20-11-16/h9,12,15-16H,2,6-8,10-11H2,1,3-5H3/b13-9+,17-12?. The SMILES string of the molecule is C=C(/C=C(\C)N=CN(C)C(C)OC)OCCCOC1COC1. The maximum atomic E-state index is 5.55. The number of hydrogen-bond acceptors (Lipinski definition) is 5. The van der Waals surface area contributed by atoms with E-state index in [0.717, 1.165) is 12.1 Å². The summed E-state index contributed by atoms with van der Waals surface area (Å²) < 4.78 is 21.3. The molecular formula is C16H28N2O4. The van der Waals surface area contributed by atoms with Crippen molar-refractivity contribution < 1.29 is 18.9 Å². The summed E-state index contributed by atoms with van der Waals surface area (Å²) in [6.07, 6.45) is 4.62. The molecule has 22 heavy (non-hydrogen) atoms. The van der Waals surface area contributed by atoms with Crippen molar-refractivity contribution in [2.75, 3.05) is 40.6 Å². The third-order valence-corrected chi connectivity index (χ3v) is 3.27. The average Bonchev–Trinajstić information content (AvgIpc) is 2.45. The predicted octanol–water partition coefficient (Wildman–Crippen LogP) is 2.18. The van der Waals surface area contributed by atoms with E-state index >= 15 is 0 Å². The van der Waals surface area contributed by atoms with Gasteiger partial charge in [-0.25, -0.2) is 4.99 Å². The van der Waals surface area contributed by atoms with E-state index in [0.29, 0.717) is 32.2 Å². The Balaban J connectivity index is 2.16. The first-order valence-electron chi connectivity index (χ1n) is 7.51. The summed E-state index contributed by atoms with van der Waals surface area (Å²) in [5, 5.41) is 0. The summed E-state index contributed by atoms with van der Waals surface area (Å²) in [6, 6.07) is 0. The number of methoxy groups -OCH3 is 1. The van der Waals surface area contributed by atoms with Crippen LogP contribution in [0.15, 0.2) is 29.1 Å². The molecule has 0 saturated carbocycles. The van der Waals surface area contributed by atoms with Crippen LogP contribution in [-0.2, 0) is 18.9 Å². The highest BCUT2D eigenvalue weighted by Crippen LogP contribution is 2.07. The zero-order chi connectivity index (χ0) is 16.4. The smallest absolute Gasteiger partial charge is 0.127 e. The molecule has 0 aliphatic carbocycles. The van der Waals surface area contributed by atoms with Gasteiger partial charge in [-0.1, -0.05) is 6.58 Å². The summed E-state index contributed by atoms with van der Waals surface area (Å²) in [5.74, 6) is 0.601. The van der Waals surface area contributed by atoms with E-state index in [9.17, 15) is 0 Å². The summed E-state index contributed by atoms with van der Waals surface area (Å²) >= 11 is 0. The molecule has 0 bridgehead atoms. The fourth-order valence-electron chi connectivity index (χ4n) is 1.58. The molecule has 1 aliphatic heterocycles. The van der Waals surface area contributed by atoms with Crippen LogP contribution in [0.4, 0.5) is 0 Å².